The van der Waals surface area contributed by atoms with Crippen LogP contribution in [0.1, 0.15) is 0 Å². The largest absolute Gasteiger partial charge is 0.456 e. The van der Waals surface area contributed by atoms with Crippen LogP contribution < -0.4 is 4.74 Å². The van der Waals surface area contributed by atoms with E-state index in [1.165, 1.54) is 49.1 Å². The van der Waals surface area contributed by atoms with Crippen LogP contribution in [0.5, 0.6) is 11.5 Å². The summed E-state index contributed by atoms with van der Waals surface area (Å²) >= 11 is 0. The Hall–Kier alpha value is -8.02. The molecule has 274 valence electrons. The molecule has 0 aliphatic carbocycles. The second-order valence-corrected chi connectivity index (χ2v) is 15.4. The predicted molar refractivity (Wildman–Crippen MR) is 242 cm³/mol. The van der Waals surface area contributed by atoms with E-state index in [9.17, 15) is 0 Å². The second kappa shape index (κ2) is 12.2. The van der Waals surface area contributed by atoms with Crippen molar-refractivity contribution in [2.24, 2.45) is 0 Å². The van der Waals surface area contributed by atoms with Gasteiger partial charge in [0.05, 0.1) is 38.7 Å². The van der Waals surface area contributed by atoms with E-state index in [0.29, 0.717) is 5.95 Å². The maximum absolute atomic E-state index is 6.33. The Balaban J connectivity index is 1.03. The van der Waals surface area contributed by atoms with Crippen molar-refractivity contribution >= 4 is 65.3 Å². The third-order valence-electron chi connectivity index (χ3n) is 12.1. The number of rotatable bonds is 4. The Morgan fingerprint density at radius 3 is 1.93 bits per heavy atom. The van der Waals surface area contributed by atoms with Gasteiger partial charge in [0.15, 0.2) is 0 Å². The van der Waals surface area contributed by atoms with Crippen LogP contribution >= 0.6 is 0 Å². The van der Waals surface area contributed by atoms with Crippen molar-refractivity contribution in [3.8, 4) is 56.6 Å². The zero-order chi connectivity index (χ0) is 38.6. The zero-order valence-corrected chi connectivity index (χ0v) is 31.7. The predicted octanol–water partition coefficient (Wildman–Crippen LogP) is 14.1. The van der Waals surface area contributed by atoms with Gasteiger partial charge in [0.2, 0.25) is 5.95 Å². The van der Waals surface area contributed by atoms with Gasteiger partial charge in [-0.1, -0.05) is 121 Å². The van der Waals surface area contributed by atoms with Crippen molar-refractivity contribution in [3.63, 3.8) is 0 Å². The summed E-state index contributed by atoms with van der Waals surface area (Å²) in [5.74, 6) is 2.21. The SMILES string of the molecule is c1ccc(-c2cccc(-n3c4ccccc4c4cc(-c5ccc6c(c5)c5c7ccccc7ccc5n6-c5nc6c7c(cccc7n5)Oc5ccccc5-6)ccc43)c2)cc1. The lowest BCUT2D eigenvalue weighted by Gasteiger charge is -2.21. The van der Waals surface area contributed by atoms with Crippen LogP contribution in [0.3, 0.4) is 0 Å². The lowest BCUT2D eigenvalue weighted by molar-refractivity contribution is 0.486. The van der Waals surface area contributed by atoms with Crippen molar-refractivity contribution in [2.75, 3.05) is 0 Å². The van der Waals surface area contributed by atoms with Crippen LogP contribution in [-0.4, -0.2) is 19.1 Å². The number of fused-ring (bicyclic) bond motifs is 10. The molecule has 13 rings (SSSR count). The fraction of sp³-hybridized carbons (Fsp3) is 0. The smallest absolute Gasteiger partial charge is 0.235 e. The van der Waals surface area contributed by atoms with Gasteiger partial charge in [0, 0.05) is 32.8 Å². The molecular weight excluding hydrogens is 721 g/mol. The van der Waals surface area contributed by atoms with Crippen molar-refractivity contribution in [3.05, 3.63) is 194 Å². The van der Waals surface area contributed by atoms with E-state index in [4.69, 9.17) is 14.7 Å². The first kappa shape index (κ1) is 32.1. The normalized spacial score (nSPS) is 12.2. The molecule has 1 aliphatic rings. The van der Waals surface area contributed by atoms with E-state index in [2.05, 4.69) is 173 Å². The van der Waals surface area contributed by atoms with Gasteiger partial charge in [-0.2, -0.15) is 0 Å². The molecule has 4 heterocycles. The summed E-state index contributed by atoms with van der Waals surface area (Å²) in [6.07, 6.45) is 0. The van der Waals surface area contributed by atoms with E-state index in [1.54, 1.807) is 0 Å². The summed E-state index contributed by atoms with van der Waals surface area (Å²) in [4.78, 5) is 10.6. The molecule has 0 saturated heterocycles. The third kappa shape index (κ3) is 4.73. The summed E-state index contributed by atoms with van der Waals surface area (Å²) < 4.78 is 11.0. The molecule has 0 bridgehead atoms. The van der Waals surface area contributed by atoms with E-state index < -0.39 is 0 Å². The number of benzene rings is 9. The quantitative estimate of drug-likeness (QED) is 0.180. The lowest BCUT2D eigenvalue weighted by atomic mass is 9.99. The molecule has 0 N–H and O–H groups in total. The zero-order valence-electron chi connectivity index (χ0n) is 31.7. The van der Waals surface area contributed by atoms with Gasteiger partial charge in [-0.25, -0.2) is 9.97 Å². The fourth-order valence-corrected chi connectivity index (χ4v) is 9.46. The van der Waals surface area contributed by atoms with Crippen LogP contribution in [0.2, 0.25) is 0 Å². The number of ether oxygens (including phenoxy) is 1. The highest BCUT2D eigenvalue weighted by atomic mass is 16.5. The Morgan fingerprint density at radius 2 is 1.03 bits per heavy atom. The van der Waals surface area contributed by atoms with Gasteiger partial charge >= 0.3 is 0 Å². The molecule has 5 nitrogen and oxygen atoms in total. The van der Waals surface area contributed by atoms with Crippen LogP contribution in [0.25, 0.3) is 110 Å². The monoisotopic (exact) mass is 752 g/mol. The highest BCUT2D eigenvalue weighted by Gasteiger charge is 2.25. The van der Waals surface area contributed by atoms with E-state index >= 15 is 0 Å². The second-order valence-electron chi connectivity index (χ2n) is 15.4. The minimum atomic E-state index is 0.634. The molecular formula is C54H32N4O. The summed E-state index contributed by atoms with van der Waals surface area (Å²) in [5.41, 5.74) is 13.0. The Labute approximate surface area is 338 Å². The number of para-hydroxylation sites is 2. The molecule has 3 aromatic heterocycles. The first-order chi connectivity index (χ1) is 29.2. The number of hydrogen-bond acceptors (Lipinski definition) is 3. The molecule has 0 saturated carbocycles. The van der Waals surface area contributed by atoms with Gasteiger partial charge < -0.3 is 9.30 Å². The van der Waals surface area contributed by atoms with Crippen LogP contribution in [0.4, 0.5) is 0 Å². The first-order valence-electron chi connectivity index (χ1n) is 20.0. The van der Waals surface area contributed by atoms with Gasteiger partial charge in [0.1, 0.15) is 11.5 Å². The van der Waals surface area contributed by atoms with Gasteiger partial charge in [-0.05, 0) is 106 Å². The first-order valence-corrected chi connectivity index (χ1v) is 20.0. The molecule has 12 aromatic rings. The average molecular weight is 753 g/mol. The minimum absolute atomic E-state index is 0.634. The molecule has 0 radical (unpaired) electrons. The number of nitrogens with zero attached hydrogens (tertiary/aromatic N) is 4. The summed E-state index contributed by atoms with van der Waals surface area (Å²) in [6.45, 7) is 0. The van der Waals surface area contributed by atoms with E-state index in [-0.39, 0.29) is 0 Å². The summed E-state index contributed by atoms with van der Waals surface area (Å²) in [5, 5.41) is 8.12. The fourth-order valence-electron chi connectivity index (χ4n) is 9.46. The Morgan fingerprint density at radius 1 is 0.373 bits per heavy atom. The Bertz CT molecular complexity index is 3710. The van der Waals surface area contributed by atoms with Crippen molar-refractivity contribution in [2.45, 2.75) is 0 Å². The lowest BCUT2D eigenvalue weighted by Crippen LogP contribution is -2.06. The molecule has 59 heavy (non-hydrogen) atoms. The van der Waals surface area contributed by atoms with E-state index in [0.717, 1.165) is 66.9 Å². The van der Waals surface area contributed by atoms with Crippen molar-refractivity contribution < 1.29 is 4.74 Å². The number of hydrogen-bond donors (Lipinski definition) is 0. The Kier molecular flexibility index (Phi) is 6.66. The maximum atomic E-state index is 6.33. The van der Waals surface area contributed by atoms with E-state index in [1.807, 2.05) is 30.3 Å². The van der Waals surface area contributed by atoms with Crippen LogP contribution in [0, 0.1) is 0 Å². The van der Waals surface area contributed by atoms with Crippen molar-refractivity contribution in [1.82, 2.24) is 19.1 Å². The highest BCUT2D eigenvalue weighted by molar-refractivity contribution is 6.22. The maximum Gasteiger partial charge on any atom is 0.235 e. The third-order valence-corrected chi connectivity index (χ3v) is 12.1. The molecule has 5 heteroatoms. The molecule has 0 spiro atoms. The minimum Gasteiger partial charge on any atom is -0.456 e. The highest BCUT2D eigenvalue weighted by Crippen LogP contribution is 2.46. The molecule has 0 unspecified atom stereocenters. The van der Waals surface area contributed by atoms with Gasteiger partial charge in [0.25, 0.3) is 0 Å². The summed E-state index contributed by atoms with van der Waals surface area (Å²) in [7, 11) is 0. The van der Waals surface area contributed by atoms with Crippen LogP contribution in [-0.2, 0) is 0 Å². The standard InChI is InChI=1S/C54H32N4O/c1-2-12-33(13-3-1)35-15-10-16-38(30-35)57-45-21-8-6-18-40(45)42-31-36(25-27-46(42)57)37-26-28-47-43(32-37)51-39-17-5-4-14-34(39)24-29-48(51)58(47)54-55-44-20-11-23-50-52(44)53(56-54)41-19-7-9-22-49(41)59-50/h1-32H. The molecule has 0 amide bonds. The number of aromatic nitrogens is 4. The van der Waals surface area contributed by atoms with Crippen molar-refractivity contribution in [1.29, 1.82) is 0 Å². The molecule has 1 aliphatic heterocycles. The topological polar surface area (TPSA) is 44.9 Å². The molecule has 0 atom stereocenters. The molecule has 9 aromatic carbocycles. The average Bonchev–Trinajstić information content (AvgIpc) is 3.82. The summed E-state index contributed by atoms with van der Waals surface area (Å²) in [6, 6.07) is 69.2. The molecule has 0 fully saturated rings. The van der Waals surface area contributed by atoms with Gasteiger partial charge in [-0.15, -0.1) is 0 Å². The van der Waals surface area contributed by atoms with Crippen LogP contribution in [0.15, 0.2) is 194 Å². The van der Waals surface area contributed by atoms with Gasteiger partial charge in [-0.3, -0.25) is 4.57 Å².